The normalized spacial score (nSPS) is 27.8. The largest absolute Gasteiger partial charge is 0.368 e. The second-order valence-corrected chi connectivity index (χ2v) is 11.0. The Bertz CT molecular complexity index is 1280. The molecule has 170 valence electrons. The molecule has 2 atom stereocenters. The maximum absolute atomic E-state index is 14.4. The molecule has 3 aromatic rings. The Kier molecular flexibility index (Phi) is 4.39. The Morgan fingerprint density at radius 3 is 2.21 bits per heavy atom. The van der Waals surface area contributed by atoms with Crippen molar-refractivity contribution < 1.29 is 4.79 Å². The molecule has 2 aromatic carbocycles. The molecule has 2 bridgehead atoms. The van der Waals surface area contributed by atoms with E-state index in [4.69, 9.17) is 21.6 Å². The summed E-state index contributed by atoms with van der Waals surface area (Å²) < 4.78 is 0. The standard InChI is InChI=1S/C27H29ClN4O/c1-25(2)26(3)11-12-27(25,23-22(26)29-20-9-4-5-10-21(20)30-23)24(33)32-15-13-31(14-16-32)19-8-6-7-18(28)17-19/h4-10,17H,11-16H2,1-3H3. The molecule has 2 heterocycles. The van der Waals surface area contributed by atoms with Crippen molar-refractivity contribution in [2.24, 2.45) is 5.41 Å². The number of hydrogen-bond acceptors (Lipinski definition) is 4. The van der Waals surface area contributed by atoms with E-state index in [0.29, 0.717) is 13.1 Å². The van der Waals surface area contributed by atoms with Crippen LogP contribution in [-0.2, 0) is 15.6 Å². The van der Waals surface area contributed by atoms with Crippen LogP contribution in [0.15, 0.2) is 48.5 Å². The van der Waals surface area contributed by atoms with E-state index in [2.05, 4.69) is 36.6 Å². The summed E-state index contributed by atoms with van der Waals surface area (Å²) in [4.78, 5) is 28.9. The minimum Gasteiger partial charge on any atom is -0.368 e. The van der Waals surface area contributed by atoms with Gasteiger partial charge in [0.15, 0.2) is 0 Å². The second-order valence-electron chi connectivity index (χ2n) is 10.5. The SMILES string of the molecule is CC12CCC(C(=O)N3CCN(c4cccc(Cl)c4)CC3)(c3nc4ccccc4nc31)C2(C)C. The van der Waals surface area contributed by atoms with Crippen LogP contribution in [0.3, 0.4) is 0 Å². The van der Waals surface area contributed by atoms with Crippen LogP contribution in [-0.4, -0.2) is 47.0 Å². The molecule has 2 fully saturated rings. The van der Waals surface area contributed by atoms with E-state index in [1.807, 2.05) is 42.5 Å². The maximum Gasteiger partial charge on any atom is 0.235 e. The van der Waals surface area contributed by atoms with Crippen molar-refractivity contribution in [3.8, 4) is 0 Å². The Labute approximate surface area is 199 Å². The predicted molar refractivity (Wildman–Crippen MR) is 132 cm³/mol. The summed E-state index contributed by atoms with van der Waals surface area (Å²) in [5, 5.41) is 0.741. The zero-order chi connectivity index (χ0) is 23.0. The minimum atomic E-state index is -0.619. The molecule has 1 aliphatic heterocycles. The van der Waals surface area contributed by atoms with Gasteiger partial charge in [0, 0.05) is 42.3 Å². The molecule has 0 radical (unpaired) electrons. The first-order valence-electron chi connectivity index (χ1n) is 11.9. The van der Waals surface area contributed by atoms with Gasteiger partial charge < -0.3 is 9.80 Å². The third-order valence-electron chi connectivity index (χ3n) is 9.05. The molecule has 5 nitrogen and oxygen atoms in total. The van der Waals surface area contributed by atoms with Gasteiger partial charge in [-0.2, -0.15) is 0 Å². The van der Waals surface area contributed by atoms with Crippen LogP contribution in [0, 0.1) is 5.41 Å². The first-order chi connectivity index (χ1) is 15.8. The van der Waals surface area contributed by atoms with Crippen molar-refractivity contribution in [3.05, 3.63) is 64.9 Å². The topological polar surface area (TPSA) is 49.3 Å². The first kappa shape index (κ1) is 20.9. The van der Waals surface area contributed by atoms with E-state index in [-0.39, 0.29) is 16.7 Å². The molecule has 1 amide bonds. The lowest BCUT2D eigenvalue weighted by Crippen LogP contribution is -2.57. The highest BCUT2D eigenvalue weighted by atomic mass is 35.5. The number of piperazine rings is 1. The number of hydrogen-bond donors (Lipinski definition) is 0. The Balaban J connectivity index is 1.36. The number of aromatic nitrogens is 2. The molecule has 0 N–H and O–H groups in total. The Morgan fingerprint density at radius 2 is 1.55 bits per heavy atom. The zero-order valence-electron chi connectivity index (χ0n) is 19.4. The molecule has 33 heavy (non-hydrogen) atoms. The lowest BCUT2D eigenvalue weighted by Gasteiger charge is -2.44. The van der Waals surface area contributed by atoms with Crippen LogP contribution in [0.25, 0.3) is 11.0 Å². The number of carbonyl (C=O) groups is 1. The highest BCUT2D eigenvalue weighted by Crippen LogP contribution is 2.70. The molecule has 1 saturated heterocycles. The Morgan fingerprint density at radius 1 is 0.879 bits per heavy atom. The van der Waals surface area contributed by atoms with E-state index in [9.17, 15) is 4.79 Å². The van der Waals surface area contributed by atoms with Crippen LogP contribution in [0.2, 0.25) is 5.02 Å². The first-order valence-corrected chi connectivity index (χ1v) is 12.2. The third-order valence-corrected chi connectivity index (χ3v) is 9.28. The van der Waals surface area contributed by atoms with Gasteiger partial charge in [-0.1, -0.05) is 50.6 Å². The van der Waals surface area contributed by atoms with Crippen molar-refractivity contribution in [2.45, 2.75) is 44.4 Å². The highest BCUT2D eigenvalue weighted by Gasteiger charge is 2.73. The van der Waals surface area contributed by atoms with Gasteiger partial charge in [-0.15, -0.1) is 0 Å². The van der Waals surface area contributed by atoms with Crippen molar-refractivity contribution in [2.75, 3.05) is 31.1 Å². The van der Waals surface area contributed by atoms with Crippen molar-refractivity contribution in [3.63, 3.8) is 0 Å². The summed E-state index contributed by atoms with van der Waals surface area (Å²) in [5.74, 6) is 0.227. The van der Waals surface area contributed by atoms with Crippen molar-refractivity contribution >= 4 is 34.2 Å². The number of para-hydroxylation sites is 2. The van der Waals surface area contributed by atoms with E-state index in [1.54, 1.807) is 0 Å². The van der Waals surface area contributed by atoms with Gasteiger partial charge in [-0.3, -0.25) is 4.79 Å². The van der Waals surface area contributed by atoms with Crippen LogP contribution in [0.4, 0.5) is 5.69 Å². The van der Waals surface area contributed by atoms with E-state index in [0.717, 1.165) is 59.1 Å². The number of amides is 1. The third kappa shape index (κ3) is 2.63. The number of benzene rings is 2. The molecule has 6 heteroatoms. The quantitative estimate of drug-likeness (QED) is 0.542. The number of rotatable bonds is 2. The second kappa shape index (κ2) is 6.92. The number of fused-ring (bicyclic) bond motifs is 6. The monoisotopic (exact) mass is 460 g/mol. The Hall–Kier alpha value is -2.66. The lowest BCUT2D eigenvalue weighted by molar-refractivity contribution is -0.141. The van der Waals surface area contributed by atoms with Crippen molar-refractivity contribution in [1.82, 2.24) is 14.9 Å². The van der Waals surface area contributed by atoms with Crippen LogP contribution < -0.4 is 4.90 Å². The molecule has 2 unspecified atom stereocenters. The molecule has 0 spiro atoms. The fraction of sp³-hybridized carbons (Fsp3) is 0.444. The molecule has 2 aliphatic carbocycles. The summed E-state index contributed by atoms with van der Waals surface area (Å²) in [7, 11) is 0. The van der Waals surface area contributed by atoms with Gasteiger partial charge >= 0.3 is 0 Å². The van der Waals surface area contributed by atoms with Gasteiger partial charge in [-0.25, -0.2) is 9.97 Å². The number of halogens is 1. The fourth-order valence-corrected chi connectivity index (χ4v) is 6.82. The van der Waals surface area contributed by atoms with Gasteiger partial charge in [0.05, 0.1) is 27.8 Å². The summed E-state index contributed by atoms with van der Waals surface area (Å²) in [6.07, 6.45) is 1.80. The number of nitrogens with zero attached hydrogens (tertiary/aromatic N) is 4. The highest BCUT2D eigenvalue weighted by molar-refractivity contribution is 6.30. The lowest BCUT2D eigenvalue weighted by atomic mass is 9.63. The molecular formula is C27H29ClN4O. The van der Waals surface area contributed by atoms with E-state index >= 15 is 0 Å². The van der Waals surface area contributed by atoms with Gasteiger partial charge in [-0.05, 0) is 48.6 Å². The summed E-state index contributed by atoms with van der Waals surface area (Å²) in [5.41, 5.74) is 3.83. The van der Waals surface area contributed by atoms with Gasteiger partial charge in [0.2, 0.25) is 5.91 Å². The van der Waals surface area contributed by atoms with Crippen LogP contribution in [0.5, 0.6) is 0 Å². The smallest absolute Gasteiger partial charge is 0.235 e. The average Bonchev–Trinajstić information content (AvgIpc) is 3.12. The van der Waals surface area contributed by atoms with Gasteiger partial charge in [0.1, 0.15) is 0 Å². The predicted octanol–water partition coefficient (Wildman–Crippen LogP) is 4.96. The summed E-state index contributed by atoms with van der Waals surface area (Å²) in [6, 6.07) is 16.0. The molecular weight excluding hydrogens is 432 g/mol. The summed E-state index contributed by atoms with van der Waals surface area (Å²) >= 11 is 6.20. The molecule has 1 saturated carbocycles. The van der Waals surface area contributed by atoms with Crippen LogP contribution in [0.1, 0.15) is 45.0 Å². The number of anilines is 1. The molecule has 3 aliphatic rings. The number of carbonyl (C=O) groups excluding carboxylic acids is 1. The van der Waals surface area contributed by atoms with E-state index < -0.39 is 5.41 Å². The van der Waals surface area contributed by atoms with Crippen LogP contribution >= 0.6 is 11.6 Å². The van der Waals surface area contributed by atoms with E-state index in [1.165, 1.54) is 0 Å². The minimum absolute atomic E-state index is 0.155. The fourth-order valence-electron chi connectivity index (χ4n) is 6.63. The molecule has 1 aromatic heterocycles. The summed E-state index contributed by atoms with van der Waals surface area (Å²) in [6.45, 7) is 9.81. The maximum atomic E-state index is 14.4. The van der Waals surface area contributed by atoms with Gasteiger partial charge in [0.25, 0.3) is 0 Å². The molecule has 6 rings (SSSR count). The average molecular weight is 461 g/mol. The zero-order valence-corrected chi connectivity index (χ0v) is 20.2. The van der Waals surface area contributed by atoms with Crippen molar-refractivity contribution in [1.29, 1.82) is 0 Å².